The monoisotopic (exact) mass is 1040 g/mol. The second-order valence-corrected chi connectivity index (χ2v) is 18.7. The molecule has 0 atom stereocenters. The van der Waals surface area contributed by atoms with Crippen LogP contribution in [0.1, 0.15) is 44.5 Å². The fourth-order valence-electron chi connectivity index (χ4n) is 9.52. The summed E-state index contributed by atoms with van der Waals surface area (Å²) in [5.74, 6) is 0.438. The molecule has 0 saturated carbocycles. The smallest absolute Gasteiger partial charge is 0.416 e. The second-order valence-electron chi connectivity index (χ2n) is 18.3. The second kappa shape index (κ2) is 22.9. The molecule has 8 aromatic rings. The first-order valence-electron chi connectivity index (χ1n) is 24.0. The number of nitrogens with zero attached hydrogens (tertiary/aromatic N) is 4. The van der Waals surface area contributed by atoms with Gasteiger partial charge in [-0.25, -0.2) is 0 Å². The molecule has 2 amide bonds. The van der Waals surface area contributed by atoms with Gasteiger partial charge in [0.2, 0.25) is 5.91 Å². The van der Waals surface area contributed by atoms with Crippen LogP contribution in [0.5, 0.6) is 17.2 Å². The third-order valence-corrected chi connectivity index (χ3v) is 13.6. The fourth-order valence-corrected chi connectivity index (χ4v) is 9.71. The normalized spacial score (nSPS) is 14.3. The van der Waals surface area contributed by atoms with E-state index in [1.165, 1.54) is 41.3 Å². The number of fused-ring (bicyclic) bond motifs is 2. The summed E-state index contributed by atoms with van der Waals surface area (Å²) >= 11 is 5.72. The number of nitro benzene ring substituents is 1. The van der Waals surface area contributed by atoms with Gasteiger partial charge in [-0.1, -0.05) is 108 Å². The molecule has 17 heteroatoms. The summed E-state index contributed by atoms with van der Waals surface area (Å²) in [5, 5.41) is 34.0. The Kier molecular flexibility index (Phi) is 16.2. The number of nitrogens with one attached hydrogen (secondary N) is 2. The van der Waals surface area contributed by atoms with Gasteiger partial charge in [0.05, 0.1) is 10.5 Å². The molecule has 1 fully saturated rings. The van der Waals surface area contributed by atoms with E-state index < -0.39 is 28.0 Å². The summed E-state index contributed by atoms with van der Waals surface area (Å²) in [4.78, 5) is 45.0. The van der Waals surface area contributed by atoms with Gasteiger partial charge in [-0.15, -0.1) is 0 Å². The number of amides is 2. The van der Waals surface area contributed by atoms with Crippen LogP contribution in [-0.2, 0) is 34.3 Å². The predicted molar refractivity (Wildman–Crippen MR) is 284 cm³/mol. The number of halogens is 4. The molecule has 13 nitrogen and oxygen atoms in total. The zero-order valence-electron chi connectivity index (χ0n) is 41.3. The number of aromatic hydroxyl groups is 2. The molecule has 7 aromatic carbocycles. The van der Waals surface area contributed by atoms with Crippen LogP contribution in [0.25, 0.3) is 10.9 Å². The quantitative estimate of drug-likeness (QED) is 0.0729. The lowest BCUT2D eigenvalue weighted by Crippen LogP contribution is -2.45. The van der Waals surface area contributed by atoms with Gasteiger partial charge in [-0.05, 0) is 102 Å². The third kappa shape index (κ3) is 12.1. The summed E-state index contributed by atoms with van der Waals surface area (Å²) in [5.41, 5.74) is 6.58. The number of likely N-dealkylation sites (N-methyl/N-ethyl adjacent to an activating group) is 1. The fraction of sp³-hybridized carbons (Fsp3) is 0.207. The standard InChI is InChI=1S/C21H22F3N3.C21H17NO3.C16H15ClN2O4/c22-21(23,24)19-7-3-1-5-16(19)14-26-9-11-27(12-10-26)15-17-13-25-20-8-4-2-6-18(17)20;1-22-19-5-3-2-4-18(19)21(20(22)25,14-6-10-16(23)11-7-14)15-8-12-17(24)13-9-15;1-10-3-6-15(11(2)7-10)23-9-16(20)18-12-4-5-13(17)14(8-12)19(21)22/h1-8,13,25H,9-12,14-15H2;2-13,23-24H,1H3;3-8H,9H2,1-2H3,(H,18,20). The molecule has 0 bridgehead atoms. The number of aromatic nitrogens is 1. The number of aromatic amines is 1. The van der Waals surface area contributed by atoms with Crippen molar-refractivity contribution in [3.05, 3.63) is 224 Å². The van der Waals surface area contributed by atoms with E-state index in [1.54, 1.807) is 78.7 Å². The number of hydrogen-bond acceptors (Lipinski definition) is 9. The van der Waals surface area contributed by atoms with E-state index in [2.05, 4.69) is 38.4 Å². The first-order chi connectivity index (χ1) is 35.9. The number of benzene rings is 7. The number of anilines is 2. The van der Waals surface area contributed by atoms with Crippen molar-refractivity contribution in [1.82, 2.24) is 14.8 Å². The molecule has 0 aliphatic carbocycles. The highest BCUT2D eigenvalue weighted by molar-refractivity contribution is 6.32. The summed E-state index contributed by atoms with van der Waals surface area (Å²) in [6.07, 6.45) is -2.25. The Balaban J connectivity index is 0.000000150. The highest BCUT2D eigenvalue weighted by Gasteiger charge is 2.52. The lowest BCUT2D eigenvalue weighted by atomic mass is 9.70. The molecule has 0 radical (unpaired) electrons. The molecule has 0 unspecified atom stereocenters. The molecule has 2 aliphatic heterocycles. The Morgan fingerprint density at radius 3 is 1.99 bits per heavy atom. The molecule has 1 saturated heterocycles. The predicted octanol–water partition coefficient (Wildman–Crippen LogP) is 11.8. The Labute approximate surface area is 436 Å². The average Bonchev–Trinajstić information content (AvgIpc) is 3.91. The minimum atomic E-state index is -4.30. The van der Waals surface area contributed by atoms with Gasteiger partial charge in [0.15, 0.2) is 6.61 Å². The molecule has 386 valence electrons. The number of piperazine rings is 1. The number of rotatable bonds is 11. The Bertz CT molecular complexity index is 3280. The van der Waals surface area contributed by atoms with Crippen molar-refractivity contribution in [3.8, 4) is 17.2 Å². The number of phenolic OH excluding ortho intramolecular Hbond substituents is 2. The van der Waals surface area contributed by atoms with Crippen LogP contribution in [0.3, 0.4) is 0 Å². The molecular weight excluding hydrogens is 985 g/mol. The van der Waals surface area contributed by atoms with E-state index in [0.29, 0.717) is 17.9 Å². The largest absolute Gasteiger partial charge is 0.508 e. The number of alkyl halides is 3. The summed E-state index contributed by atoms with van der Waals surface area (Å²) in [6.45, 7) is 8.12. The van der Waals surface area contributed by atoms with Gasteiger partial charge in [0.1, 0.15) is 27.7 Å². The first-order valence-corrected chi connectivity index (χ1v) is 24.4. The number of carbonyl (C=O) groups is 2. The van der Waals surface area contributed by atoms with E-state index in [0.717, 1.165) is 71.7 Å². The lowest BCUT2D eigenvalue weighted by molar-refractivity contribution is -0.384. The maximum Gasteiger partial charge on any atom is 0.416 e. The molecule has 10 rings (SSSR count). The minimum Gasteiger partial charge on any atom is -0.508 e. The highest BCUT2D eigenvalue weighted by atomic mass is 35.5. The zero-order valence-corrected chi connectivity index (χ0v) is 42.0. The molecule has 1 aromatic heterocycles. The Morgan fingerprint density at radius 1 is 0.773 bits per heavy atom. The van der Waals surface area contributed by atoms with Crippen molar-refractivity contribution in [1.29, 1.82) is 0 Å². The number of phenols is 2. The number of hydrogen-bond donors (Lipinski definition) is 4. The topological polar surface area (TPSA) is 165 Å². The minimum absolute atomic E-state index is 0.0135. The maximum atomic E-state index is 13.5. The summed E-state index contributed by atoms with van der Waals surface area (Å²) in [6, 6.07) is 45.0. The van der Waals surface area contributed by atoms with Gasteiger partial charge < -0.3 is 30.2 Å². The molecule has 75 heavy (non-hydrogen) atoms. The van der Waals surface area contributed by atoms with E-state index in [4.69, 9.17) is 16.3 Å². The van der Waals surface area contributed by atoms with Crippen LogP contribution < -0.4 is 15.0 Å². The average molecular weight is 1040 g/mol. The number of aryl methyl sites for hydroxylation is 2. The van der Waals surface area contributed by atoms with Crippen molar-refractivity contribution in [2.75, 3.05) is 50.1 Å². The van der Waals surface area contributed by atoms with Crippen LogP contribution in [0.4, 0.5) is 30.2 Å². The number of nitro groups is 1. The van der Waals surface area contributed by atoms with E-state index in [-0.39, 0.29) is 40.4 Å². The lowest BCUT2D eigenvalue weighted by Gasteiger charge is -2.35. The summed E-state index contributed by atoms with van der Waals surface area (Å²) in [7, 11) is 1.77. The van der Waals surface area contributed by atoms with E-state index in [9.17, 15) is 43.1 Å². The molecule has 4 N–H and O–H groups in total. The molecule has 0 spiro atoms. The van der Waals surface area contributed by atoms with Gasteiger partial charge >= 0.3 is 6.18 Å². The van der Waals surface area contributed by atoms with Crippen LogP contribution in [0, 0.1) is 24.0 Å². The Morgan fingerprint density at radius 2 is 1.36 bits per heavy atom. The number of para-hydroxylation sites is 2. The Hall–Kier alpha value is -8.18. The van der Waals surface area contributed by atoms with Gasteiger partial charge in [-0.2, -0.15) is 13.2 Å². The van der Waals surface area contributed by atoms with E-state index >= 15 is 0 Å². The van der Waals surface area contributed by atoms with Crippen molar-refractivity contribution < 1.29 is 42.6 Å². The number of ether oxygens (including phenoxy) is 1. The molecule has 2 aliphatic rings. The van der Waals surface area contributed by atoms with Gasteiger partial charge in [0.25, 0.3) is 11.6 Å². The first kappa shape index (κ1) is 53.1. The van der Waals surface area contributed by atoms with E-state index in [1.807, 2.05) is 62.4 Å². The van der Waals surface area contributed by atoms with Crippen LogP contribution >= 0.6 is 11.6 Å². The van der Waals surface area contributed by atoms with Crippen LogP contribution in [0.2, 0.25) is 5.02 Å². The molecular formula is C58H54ClF3N6O7. The van der Waals surface area contributed by atoms with Crippen molar-refractivity contribution in [2.24, 2.45) is 0 Å². The van der Waals surface area contributed by atoms with Crippen molar-refractivity contribution in [3.63, 3.8) is 0 Å². The van der Waals surface area contributed by atoms with Crippen LogP contribution in [-0.4, -0.2) is 81.6 Å². The van der Waals surface area contributed by atoms with Crippen molar-refractivity contribution >= 4 is 51.4 Å². The van der Waals surface area contributed by atoms with Gasteiger partial charge in [-0.3, -0.25) is 29.5 Å². The third-order valence-electron chi connectivity index (χ3n) is 13.3. The molecule has 3 heterocycles. The number of carbonyl (C=O) groups excluding carboxylic acids is 2. The van der Waals surface area contributed by atoms with Crippen LogP contribution in [0.15, 0.2) is 164 Å². The maximum absolute atomic E-state index is 13.5. The highest BCUT2D eigenvalue weighted by Crippen LogP contribution is 2.50. The van der Waals surface area contributed by atoms with Gasteiger partial charge in [0, 0.05) is 86.4 Å². The summed E-state index contributed by atoms with van der Waals surface area (Å²) < 4.78 is 45.0. The zero-order chi connectivity index (χ0) is 53.4. The number of H-pyrrole nitrogens is 1. The van der Waals surface area contributed by atoms with Crippen molar-refractivity contribution in [2.45, 2.75) is 38.5 Å². The SMILES string of the molecule is CN1C(=O)C(c2ccc(O)cc2)(c2ccc(O)cc2)c2ccccc21.Cc1ccc(OCC(=O)Nc2ccc(Cl)c([N+](=O)[O-])c2)c(C)c1.FC(F)(F)c1ccccc1CN1CCN(Cc2c[nH]c3ccccc23)CC1.